The monoisotopic (exact) mass is 309 g/mol. The molecule has 0 unspecified atom stereocenters. The molecule has 18 heavy (non-hydrogen) atoms. The lowest BCUT2D eigenvalue weighted by Crippen LogP contribution is -2.47. The summed E-state index contributed by atoms with van der Waals surface area (Å²) in [6.07, 6.45) is 6.09. The molecular formula is C14H20BrN3. The topological polar surface area (TPSA) is 28.2 Å². The normalized spacial score (nSPS) is 23.6. The van der Waals surface area contributed by atoms with E-state index in [-0.39, 0.29) is 0 Å². The zero-order valence-electron chi connectivity index (χ0n) is 10.6. The van der Waals surface area contributed by atoms with Crippen molar-refractivity contribution < 1.29 is 0 Å². The molecule has 1 aliphatic carbocycles. The summed E-state index contributed by atoms with van der Waals surface area (Å²) in [4.78, 5) is 6.91. The number of pyridine rings is 1. The van der Waals surface area contributed by atoms with Crippen LogP contribution < -0.4 is 5.32 Å². The van der Waals surface area contributed by atoms with Gasteiger partial charge in [0.1, 0.15) is 4.60 Å². The fourth-order valence-electron chi connectivity index (χ4n) is 3.10. The lowest BCUT2D eigenvalue weighted by Gasteiger charge is -2.43. The minimum absolute atomic E-state index is 0.597. The highest BCUT2D eigenvalue weighted by atomic mass is 79.9. The Balaban J connectivity index is 1.84. The van der Waals surface area contributed by atoms with Crippen LogP contribution in [0.1, 0.15) is 30.9 Å². The molecule has 1 aliphatic heterocycles. The van der Waals surface area contributed by atoms with Crippen molar-refractivity contribution in [2.24, 2.45) is 5.92 Å². The van der Waals surface area contributed by atoms with E-state index in [1.165, 1.54) is 37.9 Å². The Morgan fingerprint density at radius 1 is 1.33 bits per heavy atom. The van der Waals surface area contributed by atoms with Gasteiger partial charge in [0.2, 0.25) is 0 Å². The smallest absolute Gasteiger partial charge is 0.106 e. The van der Waals surface area contributed by atoms with E-state index in [4.69, 9.17) is 0 Å². The third-order valence-corrected chi connectivity index (χ3v) is 4.67. The Labute approximate surface area is 117 Å². The van der Waals surface area contributed by atoms with Gasteiger partial charge in [0, 0.05) is 38.4 Å². The van der Waals surface area contributed by atoms with E-state index in [1.54, 1.807) is 0 Å². The van der Waals surface area contributed by atoms with Gasteiger partial charge in [0.15, 0.2) is 0 Å². The molecule has 3 rings (SSSR count). The van der Waals surface area contributed by atoms with Crippen molar-refractivity contribution in [1.29, 1.82) is 0 Å². The van der Waals surface area contributed by atoms with Gasteiger partial charge in [-0.25, -0.2) is 4.98 Å². The zero-order chi connectivity index (χ0) is 12.4. The number of rotatable bonds is 3. The fourth-order valence-corrected chi connectivity index (χ4v) is 3.48. The second kappa shape index (κ2) is 5.68. The van der Waals surface area contributed by atoms with E-state index in [2.05, 4.69) is 43.3 Å². The van der Waals surface area contributed by atoms with Crippen LogP contribution in [-0.4, -0.2) is 36.1 Å². The van der Waals surface area contributed by atoms with E-state index < -0.39 is 0 Å². The van der Waals surface area contributed by atoms with Crippen LogP contribution in [0.3, 0.4) is 0 Å². The molecule has 4 heteroatoms. The largest absolute Gasteiger partial charge is 0.314 e. The predicted octanol–water partition coefficient (Wildman–Crippen LogP) is 2.59. The standard InChI is InChI=1S/C14H20BrN3/c15-13-10-12(4-5-17-13)14(11-2-1-3-11)18-8-6-16-7-9-18/h4-5,10-11,14,16H,1-3,6-9H2/t14-/m1/s1. The quantitative estimate of drug-likeness (QED) is 0.870. The highest BCUT2D eigenvalue weighted by molar-refractivity contribution is 9.10. The number of aromatic nitrogens is 1. The molecule has 2 heterocycles. The van der Waals surface area contributed by atoms with Crippen molar-refractivity contribution in [3.05, 3.63) is 28.5 Å². The van der Waals surface area contributed by atoms with Crippen molar-refractivity contribution in [2.45, 2.75) is 25.3 Å². The molecule has 2 fully saturated rings. The number of hydrogen-bond donors (Lipinski definition) is 1. The van der Waals surface area contributed by atoms with Crippen LogP contribution >= 0.6 is 15.9 Å². The predicted molar refractivity (Wildman–Crippen MR) is 76.5 cm³/mol. The van der Waals surface area contributed by atoms with Crippen LogP contribution in [0, 0.1) is 5.92 Å². The van der Waals surface area contributed by atoms with Gasteiger partial charge < -0.3 is 5.32 Å². The van der Waals surface area contributed by atoms with Gasteiger partial charge in [-0.1, -0.05) is 6.42 Å². The number of nitrogens with one attached hydrogen (secondary N) is 1. The number of piperazine rings is 1. The number of hydrogen-bond acceptors (Lipinski definition) is 3. The van der Waals surface area contributed by atoms with Crippen LogP contribution in [0.4, 0.5) is 0 Å². The second-order valence-corrected chi connectivity index (χ2v) is 6.15. The van der Waals surface area contributed by atoms with Gasteiger partial charge in [-0.2, -0.15) is 0 Å². The van der Waals surface area contributed by atoms with Gasteiger partial charge in [0.25, 0.3) is 0 Å². The molecule has 0 radical (unpaired) electrons. The summed E-state index contributed by atoms with van der Waals surface area (Å²) in [5, 5.41) is 3.44. The molecule has 1 aromatic rings. The second-order valence-electron chi connectivity index (χ2n) is 5.33. The molecule has 3 nitrogen and oxygen atoms in total. The molecule has 1 N–H and O–H groups in total. The summed E-state index contributed by atoms with van der Waals surface area (Å²) in [6.45, 7) is 4.58. The van der Waals surface area contributed by atoms with Crippen molar-refractivity contribution in [2.75, 3.05) is 26.2 Å². The summed E-state index contributed by atoms with van der Waals surface area (Å²) in [5.41, 5.74) is 1.43. The minimum atomic E-state index is 0.597. The minimum Gasteiger partial charge on any atom is -0.314 e. The summed E-state index contributed by atoms with van der Waals surface area (Å²) >= 11 is 3.50. The van der Waals surface area contributed by atoms with Gasteiger partial charge in [-0.3, -0.25) is 4.90 Å². The Bertz CT molecular complexity index is 400. The summed E-state index contributed by atoms with van der Waals surface area (Å²) in [7, 11) is 0. The maximum Gasteiger partial charge on any atom is 0.106 e. The SMILES string of the molecule is Brc1cc([C@@H](C2CCC2)N2CCNCC2)ccn1. The van der Waals surface area contributed by atoms with Crippen molar-refractivity contribution in [3.8, 4) is 0 Å². The number of nitrogens with zero attached hydrogens (tertiary/aromatic N) is 2. The third-order valence-electron chi connectivity index (χ3n) is 4.23. The Morgan fingerprint density at radius 3 is 2.72 bits per heavy atom. The van der Waals surface area contributed by atoms with Gasteiger partial charge in [0.05, 0.1) is 0 Å². The molecule has 98 valence electrons. The average molecular weight is 310 g/mol. The summed E-state index contributed by atoms with van der Waals surface area (Å²) in [5.74, 6) is 0.845. The van der Waals surface area contributed by atoms with Gasteiger partial charge in [-0.15, -0.1) is 0 Å². The lowest BCUT2D eigenvalue weighted by atomic mass is 9.76. The molecule has 1 saturated heterocycles. The third kappa shape index (κ3) is 2.60. The van der Waals surface area contributed by atoms with E-state index in [0.717, 1.165) is 23.6 Å². The van der Waals surface area contributed by atoms with Crippen LogP contribution in [0.2, 0.25) is 0 Å². The first-order valence-corrected chi connectivity index (χ1v) is 7.70. The first-order valence-electron chi connectivity index (χ1n) is 6.91. The molecule has 0 spiro atoms. The highest BCUT2D eigenvalue weighted by Gasteiger charge is 2.33. The molecule has 1 saturated carbocycles. The van der Waals surface area contributed by atoms with Gasteiger partial charge >= 0.3 is 0 Å². The summed E-state index contributed by atoms with van der Waals surface area (Å²) < 4.78 is 0.958. The average Bonchev–Trinajstić information content (AvgIpc) is 2.34. The van der Waals surface area contributed by atoms with Crippen LogP contribution in [-0.2, 0) is 0 Å². The van der Waals surface area contributed by atoms with Crippen LogP contribution in [0.5, 0.6) is 0 Å². The molecule has 1 aromatic heterocycles. The molecule has 0 amide bonds. The first kappa shape index (κ1) is 12.6. The maximum atomic E-state index is 4.26. The highest BCUT2D eigenvalue weighted by Crippen LogP contribution is 2.41. The zero-order valence-corrected chi connectivity index (χ0v) is 12.2. The van der Waals surface area contributed by atoms with Crippen molar-refractivity contribution in [3.63, 3.8) is 0 Å². The number of halogens is 1. The van der Waals surface area contributed by atoms with E-state index in [1.807, 2.05) is 6.20 Å². The lowest BCUT2D eigenvalue weighted by molar-refractivity contribution is 0.0836. The van der Waals surface area contributed by atoms with Crippen molar-refractivity contribution in [1.82, 2.24) is 15.2 Å². The fraction of sp³-hybridized carbons (Fsp3) is 0.643. The van der Waals surface area contributed by atoms with Crippen molar-refractivity contribution >= 4 is 15.9 Å². The van der Waals surface area contributed by atoms with Gasteiger partial charge in [-0.05, 0) is 52.4 Å². The Morgan fingerprint density at radius 2 is 2.11 bits per heavy atom. The maximum absolute atomic E-state index is 4.26. The molecular weight excluding hydrogens is 290 g/mol. The molecule has 0 aromatic carbocycles. The van der Waals surface area contributed by atoms with Crippen LogP contribution in [0.15, 0.2) is 22.9 Å². The molecule has 1 atom stereocenters. The first-order chi connectivity index (χ1) is 8.84. The Hall–Kier alpha value is -0.450. The van der Waals surface area contributed by atoms with E-state index in [0.29, 0.717) is 6.04 Å². The van der Waals surface area contributed by atoms with Crippen LogP contribution in [0.25, 0.3) is 0 Å². The van der Waals surface area contributed by atoms with E-state index >= 15 is 0 Å². The molecule has 0 bridgehead atoms. The summed E-state index contributed by atoms with van der Waals surface area (Å²) in [6, 6.07) is 4.99. The van der Waals surface area contributed by atoms with E-state index in [9.17, 15) is 0 Å². The Kier molecular flexibility index (Phi) is 3.97. The molecule has 2 aliphatic rings.